The van der Waals surface area contributed by atoms with Crippen LogP contribution in [-0.2, 0) is 4.74 Å². The highest BCUT2D eigenvalue weighted by atomic mass is 16.5. The number of nitrogens with one attached hydrogen (secondary N) is 2. The molecule has 2 amide bonds. The van der Waals surface area contributed by atoms with Crippen molar-refractivity contribution in [2.45, 2.75) is 18.9 Å². The van der Waals surface area contributed by atoms with Crippen molar-refractivity contribution in [3.63, 3.8) is 0 Å². The summed E-state index contributed by atoms with van der Waals surface area (Å²) in [6.07, 6.45) is 2.10. The van der Waals surface area contributed by atoms with Gasteiger partial charge < -0.3 is 15.4 Å². The summed E-state index contributed by atoms with van der Waals surface area (Å²) in [4.78, 5) is 25.0. The highest BCUT2D eigenvalue weighted by molar-refractivity contribution is 6.05. The van der Waals surface area contributed by atoms with E-state index in [4.69, 9.17) is 4.74 Å². The van der Waals surface area contributed by atoms with Gasteiger partial charge in [-0.3, -0.25) is 9.59 Å². The van der Waals surface area contributed by atoms with E-state index in [1.54, 1.807) is 36.4 Å². The number of hydrogen-bond acceptors (Lipinski definition) is 3. The lowest BCUT2D eigenvalue weighted by atomic mass is 10.0. The molecule has 2 N–H and O–H groups in total. The third-order valence-corrected chi connectivity index (χ3v) is 5.15. The number of rotatable bonds is 6. The van der Waals surface area contributed by atoms with Gasteiger partial charge in [-0.25, -0.2) is 0 Å². The van der Waals surface area contributed by atoms with Crippen LogP contribution in [0.2, 0.25) is 0 Å². The van der Waals surface area contributed by atoms with E-state index in [9.17, 15) is 9.59 Å². The molecule has 1 atom stereocenters. The maximum Gasteiger partial charge on any atom is 0.255 e. The van der Waals surface area contributed by atoms with Crippen LogP contribution in [0.25, 0.3) is 11.1 Å². The lowest BCUT2D eigenvalue weighted by Crippen LogP contribution is -2.31. The monoisotopic (exact) mass is 400 g/mol. The molecule has 1 aliphatic heterocycles. The van der Waals surface area contributed by atoms with Gasteiger partial charge in [0.1, 0.15) is 0 Å². The van der Waals surface area contributed by atoms with Crippen molar-refractivity contribution in [1.29, 1.82) is 0 Å². The number of carbonyl (C=O) groups excluding carboxylic acids is 2. The first kappa shape index (κ1) is 19.9. The van der Waals surface area contributed by atoms with Crippen molar-refractivity contribution in [2.75, 3.05) is 18.5 Å². The second-order valence-electron chi connectivity index (χ2n) is 7.32. The molecule has 30 heavy (non-hydrogen) atoms. The Bertz CT molecular complexity index is 1010. The lowest BCUT2D eigenvalue weighted by Gasteiger charge is -2.12. The van der Waals surface area contributed by atoms with Gasteiger partial charge in [0, 0.05) is 30.0 Å². The van der Waals surface area contributed by atoms with E-state index >= 15 is 0 Å². The Balaban J connectivity index is 1.38. The van der Waals surface area contributed by atoms with Gasteiger partial charge in [0.05, 0.1) is 6.10 Å². The van der Waals surface area contributed by atoms with E-state index in [1.165, 1.54) is 0 Å². The summed E-state index contributed by atoms with van der Waals surface area (Å²) in [5.41, 5.74) is 3.80. The fourth-order valence-corrected chi connectivity index (χ4v) is 3.50. The molecular formula is C25H24N2O3. The molecule has 0 radical (unpaired) electrons. The van der Waals surface area contributed by atoms with Crippen LogP contribution in [-0.4, -0.2) is 31.1 Å². The van der Waals surface area contributed by atoms with Crippen molar-refractivity contribution in [2.24, 2.45) is 0 Å². The van der Waals surface area contributed by atoms with Gasteiger partial charge in [0.25, 0.3) is 11.8 Å². The predicted octanol–water partition coefficient (Wildman–Crippen LogP) is 4.51. The molecule has 0 saturated carbocycles. The first-order valence-electron chi connectivity index (χ1n) is 10.2. The molecule has 1 heterocycles. The standard InChI is InChI=1S/C25H24N2O3/c28-24(26-17-23-10-5-15-30-23)21-8-4-9-22(16-21)27-25(29)20-13-11-19(12-14-20)18-6-2-1-3-7-18/h1-4,6-9,11-14,16,23H,5,10,15,17H2,(H,26,28)(H,27,29)/t23-/m1/s1. The Morgan fingerprint density at radius 2 is 1.60 bits per heavy atom. The zero-order chi connectivity index (χ0) is 20.8. The number of ether oxygens (including phenoxy) is 1. The van der Waals surface area contributed by atoms with Gasteiger partial charge in [-0.2, -0.15) is 0 Å². The summed E-state index contributed by atoms with van der Waals surface area (Å²) in [6, 6.07) is 24.4. The highest BCUT2D eigenvalue weighted by Gasteiger charge is 2.17. The molecule has 1 saturated heterocycles. The summed E-state index contributed by atoms with van der Waals surface area (Å²) >= 11 is 0. The maximum absolute atomic E-state index is 12.6. The first-order valence-corrected chi connectivity index (χ1v) is 10.2. The zero-order valence-electron chi connectivity index (χ0n) is 16.6. The Kier molecular flexibility index (Phi) is 6.20. The van der Waals surface area contributed by atoms with Gasteiger partial charge in [-0.1, -0.05) is 48.5 Å². The minimum Gasteiger partial charge on any atom is -0.376 e. The number of benzene rings is 3. The predicted molar refractivity (Wildman–Crippen MR) is 118 cm³/mol. The molecule has 5 heteroatoms. The van der Waals surface area contributed by atoms with Crippen molar-refractivity contribution < 1.29 is 14.3 Å². The van der Waals surface area contributed by atoms with Gasteiger partial charge in [0.2, 0.25) is 0 Å². The molecule has 0 bridgehead atoms. The topological polar surface area (TPSA) is 67.4 Å². The van der Waals surface area contributed by atoms with Gasteiger partial charge in [0.15, 0.2) is 0 Å². The number of anilines is 1. The van der Waals surface area contributed by atoms with Crippen molar-refractivity contribution in [3.8, 4) is 11.1 Å². The van der Waals surface area contributed by atoms with E-state index in [0.29, 0.717) is 23.4 Å². The summed E-state index contributed by atoms with van der Waals surface area (Å²) < 4.78 is 5.53. The van der Waals surface area contributed by atoms with Crippen molar-refractivity contribution >= 4 is 17.5 Å². The molecule has 0 aromatic heterocycles. The first-order chi connectivity index (χ1) is 14.7. The van der Waals surface area contributed by atoms with Crippen molar-refractivity contribution in [3.05, 3.63) is 90.0 Å². The quantitative estimate of drug-likeness (QED) is 0.640. The second-order valence-corrected chi connectivity index (χ2v) is 7.32. The van der Waals surface area contributed by atoms with E-state index in [0.717, 1.165) is 30.6 Å². The normalized spacial score (nSPS) is 15.5. The van der Waals surface area contributed by atoms with Crippen LogP contribution in [0.15, 0.2) is 78.9 Å². The minimum absolute atomic E-state index is 0.0932. The van der Waals surface area contributed by atoms with Crippen LogP contribution in [0.5, 0.6) is 0 Å². The Morgan fingerprint density at radius 1 is 0.833 bits per heavy atom. The molecule has 152 valence electrons. The molecule has 5 nitrogen and oxygen atoms in total. The van der Waals surface area contributed by atoms with Crippen LogP contribution in [0, 0.1) is 0 Å². The van der Waals surface area contributed by atoms with Gasteiger partial charge in [-0.15, -0.1) is 0 Å². The third-order valence-electron chi connectivity index (χ3n) is 5.15. The molecule has 4 rings (SSSR count). The zero-order valence-corrected chi connectivity index (χ0v) is 16.6. The maximum atomic E-state index is 12.6. The smallest absolute Gasteiger partial charge is 0.255 e. The molecule has 3 aromatic carbocycles. The second kappa shape index (κ2) is 9.37. The Labute approximate surface area is 176 Å². The molecule has 1 fully saturated rings. The molecule has 0 spiro atoms. The SMILES string of the molecule is O=C(NC[C@H]1CCCO1)c1cccc(NC(=O)c2ccc(-c3ccccc3)cc2)c1. The van der Waals surface area contributed by atoms with Gasteiger partial charge in [-0.05, 0) is 54.3 Å². The summed E-state index contributed by atoms with van der Waals surface area (Å²) in [5, 5.41) is 5.76. The molecule has 3 aromatic rings. The number of carbonyl (C=O) groups is 2. The van der Waals surface area contributed by atoms with E-state index in [-0.39, 0.29) is 17.9 Å². The molecular weight excluding hydrogens is 376 g/mol. The summed E-state index contributed by atoms with van der Waals surface area (Å²) in [5.74, 6) is -0.389. The van der Waals surface area contributed by atoms with E-state index in [1.807, 2.05) is 42.5 Å². The van der Waals surface area contributed by atoms with Crippen LogP contribution in [0.4, 0.5) is 5.69 Å². The van der Waals surface area contributed by atoms with Crippen molar-refractivity contribution in [1.82, 2.24) is 5.32 Å². The summed E-state index contributed by atoms with van der Waals surface area (Å²) in [7, 11) is 0. The lowest BCUT2D eigenvalue weighted by molar-refractivity contribution is 0.0857. The average Bonchev–Trinajstić information content (AvgIpc) is 3.32. The number of amides is 2. The fraction of sp³-hybridized carbons (Fsp3) is 0.200. The Morgan fingerprint density at radius 3 is 2.33 bits per heavy atom. The molecule has 0 aliphatic carbocycles. The third kappa shape index (κ3) is 4.93. The van der Waals surface area contributed by atoms with Crippen LogP contribution in [0.3, 0.4) is 0 Å². The molecule has 1 aliphatic rings. The van der Waals surface area contributed by atoms with Crippen LogP contribution >= 0.6 is 0 Å². The number of hydrogen-bond donors (Lipinski definition) is 2. The fourth-order valence-electron chi connectivity index (χ4n) is 3.50. The average molecular weight is 400 g/mol. The van der Waals surface area contributed by atoms with E-state index < -0.39 is 0 Å². The van der Waals surface area contributed by atoms with Crippen LogP contribution in [0.1, 0.15) is 33.6 Å². The minimum atomic E-state index is -0.216. The van der Waals surface area contributed by atoms with Crippen LogP contribution < -0.4 is 10.6 Å². The van der Waals surface area contributed by atoms with Gasteiger partial charge >= 0.3 is 0 Å². The Hall–Kier alpha value is -3.44. The highest BCUT2D eigenvalue weighted by Crippen LogP contribution is 2.20. The molecule has 0 unspecified atom stereocenters. The summed E-state index contributed by atoms with van der Waals surface area (Å²) in [6.45, 7) is 1.26. The largest absolute Gasteiger partial charge is 0.376 e. The van der Waals surface area contributed by atoms with E-state index in [2.05, 4.69) is 10.6 Å².